The van der Waals surface area contributed by atoms with Crippen LogP contribution in [0.15, 0.2) is 47.8 Å². The Kier molecular flexibility index (Phi) is 5.90. The number of thiophene rings is 1. The van der Waals surface area contributed by atoms with E-state index in [1.165, 1.54) is 37.4 Å². The largest absolute Gasteiger partial charge is 0.465 e. The average molecular weight is 435 g/mol. The number of nitro benzene ring substituents is 1. The Balaban J connectivity index is 1.97. The van der Waals surface area contributed by atoms with E-state index in [0.717, 1.165) is 23.5 Å². The summed E-state index contributed by atoms with van der Waals surface area (Å²) in [5.74, 6) is -1.76. The van der Waals surface area contributed by atoms with Crippen molar-refractivity contribution in [2.24, 2.45) is 0 Å². The summed E-state index contributed by atoms with van der Waals surface area (Å²) in [6.45, 7) is 0. The molecule has 0 atom stereocenters. The zero-order valence-electron chi connectivity index (χ0n) is 14.8. The third-order valence-corrected chi connectivity index (χ3v) is 5.18. The van der Waals surface area contributed by atoms with E-state index in [4.69, 9.17) is 16.3 Å². The number of amides is 1. The molecule has 7 nitrogen and oxygen atoms in total. The zero-order valence-corrected chi connectivity index (χ0v) is 16.3. The SMILES string of the molecule is COC(=O)c1c(-c2ccc(F)cc2)csc1NC(=O)c1ccc([N+](=O)[O-])cc1Cl. The van der Waals surface area contributed by atoms with Crippen molar-refractivity contribution in [1.82, 2.24) is 0 Å². The van der Waals surface area contributed by atoms with Crippen LogP contribution < -0.4 is 5.32 Å². The first-order valence-corrected chi connectivity index (χ1v) is 9.28. The van der Waals surface area contributed by atoms with Gasteiger partial charge in [0.05, 0.1) is 22.6 Å². The third-order valence-electron chi connectivity index (χ3n) is 3.97. The summed E-state index contributed by atoms with van der Waals surface area (Å²) in [4.78, 5) is 35.1. The summed E-state index contributed by atoms with van der Waals surface area (Å²) < 4.78 is 18.0. The normalized spacial score (nSPS) is 10.4. The summed E-state index contributed by atoms with van der Waals surface area (Å²) in [6, 6.07) is 8.95. The molecule has 1 heterocycles. The molecule has 3 aromatic rings. The number of halogens is 2. The number of anilines is 1. The van der Waals surface area contributed by atoms with E-state index in [9.17, 15) is 24.1 Å². The summed E-state index contributed by atoms with van der Waals surface area (Å²) in [5.41, 5.74) is 0.890. The van der Waals surface area contributed by atoms with E-state index >= 15 is 0 Å². The molecule has 10 heteroatoms. The lowest BCUT2D eigenvalue weighted by atomic mass is 10.0. The number of carbonyl (C=O) groups is 2. The van der Waals surface area contributed by atoms with Gasteiger partial charge in [-0.25, -0.2) is 9.18 Å². The fraction of sp³-hybridized carbons (Fsp3) is 0.0526. The molecule has 1 N–H and O–H groups in total. The minimum absolute atomic E-state index is 0.00446. The van der Waals surface area contributed by atoms with Gasteiger partial charge in [0.2, 0.25) is 0 Å². The zero-order chi connectivity index (χ0) is 21.1. The highest BCUT2D eigenvalue weighted by molar-refractivity contribution is 7.15. The summed E-state index contributed by atoms with van der Waals surface area (Å²) in [6.07, 6.45) is 0. The molecule has 1 amide bonds. The molecule has 0 unspecified atom stereocenters. The molecular formula is C19H12ClFN2O5S. The monoisotopic (exact) mass is 434 g/mol. The number of benzene rings is 2. The quantitative estimate of drug-likeness (QED) is 0.340. The molecule has 148 valence electrons. The van der Waals surface area contributed by atoms with Crippen molar-refractivity contribution in [3.05, 3.63) is 79.9 Å². The second-order valence-corrected chi connectivity index (χ2v) is 7.01. The first-order valence-electron chi connectivity index (χ1n) is 8.03. The molecule has 0 aliphatic carbocycles. The highest BCUT2D eigenvalue weighted by Crippen LogP contribution is 2.37. The molecule has 0 aliphatic rings. The number of hydrogen-bond donors (Lipinski definition) is 1. The second-order valence-electron chi connectivity index (χ2n) is 5.73. The number of non-ortho nitro benzene ring substituents is 1. The minimum Gasteiger partial charge on any atom is -0.465 e. The molecule has 0 spiro atoms. The van der Waals surface area contributed by atoms with Crippen LogP contribution in [0, 0.1) is 15.9 Å². The van der Waals surface area contributed by atoms with Crippen LogP contribution in [-0.2, 0) is 4.74 Å². The smallest absolute Gasteiger partial charge is 0.341 e. The van der Waals surface area contributed by atoms with Crippen LogP contribution in [-0.4, -0.2) is 23.9 Å². The van der Waals surface area contributed by atoms with Crippen molar-refractivity contribution in [3.63, 3.8) is 0 Å². The van der Waals surface area contributed by atoms with Crippen LogP contribution in [0.4, 0.5) is 15.1 Å². The van der Waals surface area contributed by atoms with Gasteiger partial charge in [-0.2, -0.15) is 0 Å². The number of ether oxygens (including phenoxy) is 1. The molecule has 0 fully saturated rings. The third kappa shape index (κ3) is 4.25. The molecule has 0 aliphatic heterocycles. The van der Waals surface area contributed by atoms with Gasteiger partial charge >= 0.3 is 5.97 Å². The van der Waals surface area contributed by atoms with E-state index < -0.39 is 22.6 Å². The second kappa shape index (κ2) is 8.38. The molecule has 1 aromatic heterocycles. The average Bonchev–Trinajstić information content (AvgIpc) is 3.11. The number of nitro groups is 1. The van der Waals surface area contributed by atoms with Gasteiger partial charge in [-0.3, -0.25) is 14.9 Å². The van der Waals surface area contributed by atoms with Crippen LogP contribution >= 0.6 is 22.9 Å². The topological polar surface area (TPSA) is 98.5 Å². The Hall–Kier alpha value is -3.30. The van der Waals surface area contributed by atoms with E-state index in [1.54, 1.807) is 5.38 Å². The Morgan fingerprint density at radius 1 is 1.21 bits per heavy atom. The maximum absolute atomic E-state index is 13.2. The molecule has 2 aromatic carbocycles. The fourth-order valence-electron chi connectivity index (χ4n) is 2.57. The number of hydrogen-bond acceptors (Lipinski definition) is 6. The van der Waals surface area contributed by atoms with Crippen molar-refractivity contribution in [2.75, 3.05) is 12.4 Å². The lowest BCUT2D eigenvalue weighted by Crippen LogP contribution is -2.14. The van der Waals surface area contributed by atoms with Gasteiger partial charge in [0.1, 0.15) is 16.4 Å². The number of rotatable bonds is 5. The lowest BCUT2D eigenvalue weighted by molar-refractivity contribution is -0.384. The highest BCUT2D eigenvalue weighted by Gasteiger charge is 2.24. The van der Waals surface area contributed by atoms with Gasteiger partial charge in [-0.15, -0.1) is 11.3 Å². The van der Waals surface area contributed by atoms with Crippen molar-refractivity contribution in [3.8, 4) is 11.1 Å². The molecule has 0 radical (unpaired) electrons. The van der Waals surface area contributed by atoms with Crippen LogP contribution in [0.3, 0.4) is 0 Å². The molecular weight excluding hydrogens is 423 g/mol. The van der Waals surface area contributed by atoms with Gasteiger partial charge in [0, 0.05) is 23.1 Å². The van der Waals surface area contributed by atoms with Crippen LogP contribution in [0.1, 0.15) is 20.7 Å². The van der Waals surface area contributed by atoms with E-state index in [-0.39, 0.29) is 26.8 Å². The maximum Gasteiger partial charge on any atom is 0.341 e. The number of carbonyl (C=O) groups excluding carboxylic acids is 2. The van der Waals surface area contributed by atoms with Gasteiger partial charge in [0.15, 0.2) is 0 Å². The molecule has 0 bridgehead atoms. The molecule has 3 rings (SSSR count). The number of methoxy groups -OCH3 is 1. The predicted molar refractivity (Wildman–Crippen MR) is 107 cm³/mol. The van der Waals surface area contributed by atoms with Crippen LogP contribution in [0.5, 0.6) is 0 Å². The van der Waals surface area contributed by atoms with Crippen LogP contribution in [0.25, 0.3) is 11.1 Å². The van der Waals surface area contributed by atoms with Crippen molar-refractivity contribution in [2.45, 2.75) is 0 Å². The standard InChI is InChI=1S/C19H12ClFN2O5S/c1-28-19(25)16-14(10-2-4-11(21)5-3-10)9-29-18(16)22-17(24)13-7-6-12(23(26)27)8-15(13)20/h2-9H,1H3,(H,22,24). The van der Waals surface area contributed by atoms with Crippen LogP contribution in [0.2, 0.25) is 5.02 Å². The minimum atomic E-state index is -0.685. The number of esters is 1. The van der Waals surface area contributed by atoms with Gasteiger partial charge in [0.25, 0.3) is 11.6 Å². The Labute approximate surface area is 172 Å². The first-order chi connectivity index (χ1) is 13.8. The van der Waals surface area contributed by atoms with Crippen molar-refractivity contribution < 1.29 is 23.6 Å². The van der Waals surface area contributed by atoms with Gasteiger partial charge < -0.3 is 10.1 Å². The molecule has 29 heavy (non-hydrogen) atoms. The lowest BCUT2D eigenvalue weighted by Gasteiger charge is -2.09. The first kappa shape index (κ1) is 20.4. The maximum atomic E-state index is 13.2. The van der Waals surface area contributed by atoms with Gasteiger partial charge in [-0.05, 0) is 23.8 Å². The van der Waals surface area contributed by atoms with Gasteiger partial charge in [-0.1, -0.05) is 23.7 Å². The van der Waals surface area contributed by atoms with Crippen molar-refractivity contribution in [1.29, 1.82) is 0 Å². The summed E-state index contributed by atoms with van der Waals surface area (Å²) in [5, 5.41) is 15.1. The summed E-state index contributed by atoms with van der Waals surface area (Å²) >= 11 is 7.07. The van der Waals surface area contributed by atoms with E-state index in [0.29, 0.717) is 11.1 Å². The Morgan fingerprint density at radius 2 is 1.90 bits per heavy atom. The molecule has 0 saturated carbocycles. The Bertz CT molecular complexity index is 1110. The highest BCUT2D eigenvalue weighted by atomic mass is 35.5. The predicted octanol–water partition coefficient (Wildman–Crippen LogP) is 5.15. The number of nitrogens with zero attached hydrogens (tertiary/aromatic N) is 1. The Morgan fingerprint density at radius 3 is 2.48 bits per heavy atom. The molecule has 0 saturated heterocycles. The number of nitrogens with one attached hydrogen (secondary N) is 1. The van der Waals surface area contributed by atoms with E-state index in [1.807, 2.05) is 0 Å². The summed E-state index contributed by atoms with van der Waals surface area (Å²) in [7, 11) is 1.20. The van der Waals surface area contributed by atoms with Crippen molar-refractivity contribution >= 4 is 45.5 Å². The van der Waals surface area contributed by atoms with E-state index in [2.05, 4.69) is 5.32 Å². The fourth-order valence-corrected chi connectivity index (χ4v) is 3.78.